The van der Waals surface area contributed by atoms with Crippen LogP contribution in [0.2, 0.25) is 5.02 Å². The maximum atomic E-state index is 6.13. The molecule has 0 saturated carbocycles. The monoisotopic (exact) mass is 436 g/mol. The van der Waals surface area contributed by atoms with Gasteiger partial charge in [-0.3, -0.25) is 0 Å². The number of allylic oxidation sites excluding steroid dienone is 4. The van der Waals surface area contributed by atoms with E-state index in [9.17, 15) is 0 Å². The van der Waals surface area contributed by atoms with Crippen molar-refractivity contribution in [2.24, 2.45) is 11.8 Å². The van der Waals surface area contributed by atoms with Crippen molar-refractivity contribution in [1.29, 1.82) is 0 Å². The van der Waals surface area contributed by atoms with E-state index in [0.29, 0.717) is 11.8 Å². The summed E-state index contributed by atoms with van der Waals surface area (Å²) in [6, 6.07) is 5.93. The standard InChI is InChI=1S/C22H26Cl2N2OS/c1-15-2-3-17(14-23)12-20(15)27-11-8-16-6-9-26(10-7-16)22-25-19-5-4-18(24)13-21(19)28-22/h2-5,13,16-17H,6-12,14H2,1H3. The molecule has 1 aromatic carbocycles. The summed E-state index contributed by atoms with van der Waals surface area (Å²) in [5.41, 5.74) is 2.28. The number of thiazole rings is 1. The van der Waals surface area contributed by atoms with Crippen molar-refractivity contribution in [1.82, 2.24) is 4.98 Å². The molecule has 0 N–H and O–H groups in total. The summed E-state index contributed by atoms with van der Waals surface area (Å²) in [6.45, 7) is 5.06. The molecule has 0 amide bonds. The summed E-state index contributed by atoms with van der Waals surface area (Å²) in [5.74, 6) is 2.92. The van der Waals surface area contributed by atoms with Crippen LogP contribution in [0.4, 0.5) is 5.13 Å². The third-order valence-electron chi connectivity index (χ3n) is 5.73. The number of fused-ring (bicyclic) bond motifs is 1. The van der Waals surface area contributed by atoms with Gasteiger partial charge in [-0.05, 0) is 61.8 Å². The molecule has 1 fully saturated rings. The highest BCUT2D eigenvalue weighted by atomic mass is 35.5. The lowest BCUT2D eigenvalue weighted by atomic mass is 9.94. The molecule has 0 bridgehead atoms. The van der Waals surface area contributed by atoms with Crippen LogP contribution in [0.3, 0.4) is 0 Å². The van der Waals surface area contributed by atoms with E-state index in [1.54, 1.807) is 11.3 Å². The number of hydrogen-bond donors (Lipinski definition) is 0. The molecule has 1 atom stereocenters. The van der Waals surface area contributed by atoms with Crippen molar-refractivity contribution in [3.05, 3.63) is 46.7 Å². The Kier molecular flexibility index (Phi) is 6.49. The predicted octanol–water partition coefficient (Wildman–Crippen LogP) is 6.66. The van der Waals surface area contributed by atoms with E-state index in [-0.39, 0.29) is 0 Å². The van der Waals surface area contributed by atoms with Crippen LogP contribution >= 0.6 is 34.5 Å². The van der Waals surface area contributed by atoms with Gasteiger partial charge in [0.15, 0.2) is 5.13 Å². The first-order valence-corrected chi connectivity index (χ1v) is 11.7. The Morgan fingerprint density at radius 3 is 2.89 bits per heavy atom. The third kappa shape index (κ3) is 4.67. The second-order valence-corrected chi connectivity index (χ2v) is 9.51. The van der Waals surface area contributed by atoms with E-state index in [2.05, 4.69) is 24.0 Å². The van der Waals surface area contributed by atoms with E-state index in [4.69, 9.17) is 32.9 Å². The molecule has 6 heteroatoms. The van der Waals surface area contributed by atoms with Crippen LogP contribution < -0.4 is 4.90 Å². The molecule has 1 aliphatic carbocycles. The number of aromatic nitrogens is 1. The highest BCUT2D eigenvalue weighted by Gasteiger charge is 2.22. The second-order valence-electron chi connectivity index (χ2n) is 7.76. The summed E-state index contributed by atoms with van der Waals surface area (Å²) in [6.07, 6.45) is 8.79. The molecule has 0 spiro atoms. The van der Waals surface area contributed by atoms with Gasteiger partial charge in [-0.2, -0.15) is 0 Å². The molecular formula is C22H26Cl2N2OS. The number of hydrogen-bond acceptors (Lipinski definition) is 4. The number of nitrogens with zero attached hydrogens (tertiary/aromatic N) is 2. The zero-order chi connectivity index (χ0) is 19.5. The first-order chi connectivity index (χ1) is 13.6. The van der Waals surface area contributed by atoms with Gasteiger partial charge in [0.05, 0.1) is 22.6 Å². The minimum atomic E-state index is 0.410. The Bertz CT molecular complexity index is 884. The molecule has 1 unspecified atom stereocenters. The number of piperidine rings is 1. The molecule has 150 valence electrons. The highest BCUT2D eigenvalue weighted by molar-refractivity contribution is 7.22. The van der Waals surface area contributed by atoms with E-state index >= 15 is 0 Å². The molecule has 0 radical (unpaired) electrons. The lowest BCUT2D eigenvalue weighted by Crippen LogP contribution is -2.33. The Labute approximate surface area is 181 Å². The maximum absolute atomic E-state index is 6.13. The molecule has 4 rings (SSSR count). The fourth-order valence-electron chi connectivity index (χ4n) is 3.90. The summed E-state index contributed by atoms with van der Waals surface area (Å²) in [7, 11) is 0. The zero-order valence-electron chi connectivity index (χ0n) is 16.2. The number of ether oxygens (including phenoxy) is 1. The minimum Gasteiger partial charge on any atom is -0.498 e. The molecule has 28 heavy (non-hydrogen) atoms. The average Bonchev–Trinajstić information content (AvgIpc) is 3.13. The van der Waals surface area contributed by atoms with Crippen LogP contribution in [0.15, 0.2) is 41.7 Å². The molecule has 1 saturated heterocycles. The Morgan fingerprint density at radius 1 is 1.29 bits per heavy atom. The molecular weight excluding hydrogens is 411 g/mol. The van der Waals surface area contributed by atoms with Gasteiger partial charge >= 0.3 is 0 Å². The van der Waals surface area contributed by atoms with Crippen LogP contribution in [-0.2, 0) is 4.74 Å². The quantitative estimate of drug-likeness (QED) is 0.473. The summed E-state index contributed by atoms with van der Waals surface area (Å²) >= 11 is 13.8. The van der Waals surface area contributed by atoms with Crippen LogP contribution in [-0.4, -0.2) is 30.6 Å². The summed E-state index contributed by atoms with van der Waals surface area (Å²) in [5, 5.41) is 1.89. The lowest BCUT2D eigenvalue weighted by molar-refractivity contribution is 0.167. The van der Waals surface area contributed by atoms with Crippen LogP contribution in [0.5, 0.6) is 0 Å². The second kappa shape index (κ2) is 9.06. The predicted molar refractivity (Wildman–Crippen MR) is 121 cm³/mol. The third-order valence-corrected chi connectivity index (χ3v) is 7.44. The number of alkyl halides is 1. The van der Waals surface area contributed by atoms with Gasteiger partial charge in [0.2, 0.25) is 0 Å². The Balaban J connectivity index is 1.25. The van der Waals surface area contributed by atoms with Gasteiger partial charge in [-0.1, -0.05) is 35.1 Å². The van der Waals surface area contributed by atoms with E-state index in [1.165, 1.54) is 23.1 Å². The van der Waals surface area contributed by atoms with Gasteiger partial charge in [-0.15, -0.1) is 11.6 Å². The summed E-state index contributed by atoms with van der Waals surface area (Å²) in [4.78, 5) is 7.20. The minimum absolute atomic E-state index is 0.410. The van der Waals surface area contributed by atoms with Crippen molar-refractivity contribution in [3.8, 4) is 0 Å². The van der Waals surface area contributed by atoms with Crippen molar-refractivity contribution >= 4 is 49.9 Å². The summed E-state index contributed by atoms with van der Waals surface area (Å²) < 4.78 is 7.29. The number of halogens is 2. The van der Waals surface area contributed by atoms with Crippen molar-refractivity contribution < 1.29 is 4.74 Å². The van der Waals surface area contributed by atoms with Gasteiger partial charge in [0.25, 0.3) is 0 Å². The molecule has 2 aromatic rings. The SMILES string of the molecule is CC1=C(OCCC2CCN(c3nc4ccc(Cl)cc4s3)CC2)CC(CCl)C=C1. The zero-order valence-corrected chi connectivity index (χ0v) is 18.5. The van der Waals surface area contributed by atoms with Crippen LogP contribution in [0.25, 0.3) is 10.2 Å². The van der Waals surface area contributed by atoms with Crippen molar-refractivity contribution in [2.45, 2.75) is 32.6 Å². The molecule has 2 aliphatic rings. The first kappa shape index (κ1) is 20.1. The van der Waals surface area contributed by atoms with Crippen molar-refractivity contribution in [3.63, 3.8) is 0 Å². The Morgan fingerprint density at radius 2 is 2.11 bits per heavy atom. The topological polar surface area (TPSA) is 25.4 Å². The molecule has 1 aliphatic heterocycles. The van der Waals surface area contributed by atoms with Gasteiger partial charge in [0, 0.05) is 30.4 Å². The van der Waals surface area contributed by atoms with Gasteiger partial charge < -0.3 is 9.64 Å². The van der Waals surface area contributed by atoms with Crippen molar-refractivity contribution in [2.75, 3.05) is 30.5 Å². The molecule has 1 aromatic heterocycles. The number of benzene rings is 1. The van der Waals surface area contributed by atoms with Crippen LogP contribution in [0.1, 0.15) is 32.6 Å². The Hall–Kier alpha value is -1.23. The van der Waals surface area contributed by atoms with Crippen LogP contribution in [0, 0.1) is 11.8 Å². The number of rotatable bonds is 6. The van der Waals surface area contributed by atoms with E-state index in [1.807, 2.05) is 18.2 Å². The molecule has 2 heterocycles. The molecule has 3 nitrogen and oxygen atoms in total. The average molecular weight is 437 g/mol. The first-order valence-electron chi connectivity index (χ1n) is 10.00. The maximum Gasteiger partial charge on any atom is 0.186 e. The largest absolute Gasteiger partial charge is 0.498 e. The van der Waals surface area contributed by atoms with Gasteiger partial charge in [0.1, 0.15) is 0 Å². The highest BCUT2D eigenvalue weighted by Crippen LogP contribution is 2.33. The van der Waals surface area contributed by atoms with E-state index in [0.717, 1.165) is 59.9 Å². The van der Waals surface area contributed by atoms with E-state index < -0.39 is 0 Å². The van der Waals surface area contributed by atoms with Gasteiger partial charge in [-0.25, -0.2) is 4.98 Å². The lowest BCUT2D eigenvalue weighted by Gasteiger charge is -2.32. The normalized spacial score (nSPS) is 21.0. The number of anilines is 1. The fraction of sp³-hybridized carbons (Fsp3) is 0.500. The fourth-order valence-corrected chi connectivity index (χ4v) is 5.41. The smallest absolute Gasteiger partial charge is 0.186 e.